The molecule has 0 spiro atoms. The summed E-state index contributed by atoms with van der Waals surface area (Å²) in [6, 6.07) is 13.9. The molecule has 2 saturated heterocycles. The van der Waals surface area contributed by atoms with Crippen LogP contribution in [0.4, 0.5) is 5.69 Å². The zero-order chi connectivity index (χ0) is 26.9. The van der Waals surface area contributed by atoms with E-state index < -0.39 is 5.41 Å². The second-order valence-electron chi connectivity index (χ2n) is 11.4. The van der Waals surface area contributed by atoms with E-state index in [2.05, 4.69) is 33.0 Å². The Kier molecular flexibility index (Phi) is 6.04. The topological polar surface area (TPSA) is 68.3 Å². The summed E-state index contributed by atoms with van der Waals surface area (Å²) in [5, 5.41) is 0.752. The number of halogens is 1. The Labute approximate surface area is 237 Å². The van der Waals surface area contributed by atoms with E-state index in [0.717, 1.165) is 35.0 Å². The van der Waals surface area contributed by atoms with Crippen LogP contribution in [0.3, 0.4) is 0 Å². The Morgan fingerprint density at radius 3 is 2.67 bits per heavy atom. The molecular weight excluding hydrogens is 560 g/mol. The van der Waals surface area contributed by atoms with Crippen LogP contribution in [0.15, 0.2) is 54.1 Å². The van der Waals surface area contributed by atoms with Crippen LogP contribution in [-0.4, -0.2) is 67.6 Å². The number of fused-ring (bicyclic) bond motifs is 5. The monoisotopic (exact) mass is 592 g/mol. The largest absolute Gasteiger partial charge is 0.493 e. The number of amides is 2. The zero-order valence-electron chi connectivity index (χ0n) is 22.3. The lowest BCUT2D eigenvalue weighted by Gasteiger charge is -2.62. The highest BCUT2D eigenvalue weighted by Gasteiger charge is 2.69. The standard InChI is InChI=1S/C31H33BrN2O5/c1-37-23-14-21-22(15-24(23)38-2)34-28(36)16-25-29-20-13-26(31(21,9-10-32)30(29)34)33(17-19(20)8-11-39-25)27(35)12-18-6-4-3-5-7-18/h3-8,14-15,20,25-26,29-30H,9-13,16-17H2,1-2H3/t20-,25+,26-,29+,30-,31-/m0/s1. The molecule has 7 rings (SSSR count). The molecule has 0 N–H and O–H groups in total. The zero-order valence-corrected chi connectivity index (χ0v) is 23.9. The van der Waals surface area contributed by atoms with E-state index in [0.29, 0.717) is 37.5 Å². The number of nitrogens with zero attached hydrogens (tertiary/aromatic N) is 2. The van der Waals surface area contributed by atoms with E-state index in [1.165, 1.54) is 5.57 Å². The summed E-state index contributed by atoms with van der Waals surface area (Å²) >= 11 is 3.78. The van der Waals surface area contributed by atoms with Crippen molar-refractivity contribution < 1.29 is 23.8 Å². The summed E-state index contributed by atoms with van der Waals surface area (Å²) in [7, 11) is 3.27. The number of hydrogen-bond donors (Lipinski definition) is 0. The van der Waals surface area contributed by atoms with Crippen molar-refractivity contribution in [2.24, 2.45) is 11.8 Å². The van der Waals surface area contributed by atoms with Gasteiger partial charge in [0.05, 0.1) is 51.5 Å². The van der Waals surface area contributed by atoms with E-state index in [1.807, 2.05) is 41.3 Å². The van der Waals surface area contributed by atoms with Gasteiger partial charge >= 0.3 is 0 Å². The Balaban J connectivity index is 1.44. The number of carbonyl (C=O) groups is 2. The molecule has 6 atom stereocenters. The Morgan fingerprint density at radius 2 is 1.92 bits per heavy atom. The summed E-state index contributed by atoms with van der Waals surface area (Å²) < 4.78 is 17.9. The first-order valence-corrected chi connectivity index (χ1v) is 14.9. The third-order valence-corrected chi connectivity index (χ3v) is 10.3. The van der Waals surface area contributed by atoms with Gasteiger partial charge in [-0.3, -0.25) is 9.59 Å². The van der Waals surface area contributed by atoms with Crippen molar-refractivity contribution in [1.29, 1.82) is 0 Å². The second-order valence-corrected chi connectivity index (χ2v) is 12.2. The van der Waals surface area contributed by atoms with Crippen LogP contribution in [0.25, 0.3) is 0 Å². The molecule has 2 aromatic rings. The maximum Gasteiger partial charge on any atom is 0.229 e. The molecule has 7 nitrogen and oxygen atoms in total. The van der Waals surface area contributed by atoms with Crippen LogP contribution >= 0.6 is 15.9 Å². The molecule has 1 aliphatic carbocycles. The van der Waals surface area contributed by atoms with Gasteiger partial charge in [-0.15, -0.1) is 0 Å². The normalized spacial score (nSPS) is 31.8. The van der Waals surface area contributed by atoms with Gasteiger partial charge in [-0.2, -0.15) is 0 Å². The average Bonchev–Trinajstić information content (AvgIpc) is 3.10. The van der Waals surface area contributed by atoms with Gasteiger partial charge in [-0.25, -0.2) is 0 Å². The number of piperidine rings is 2. The lowest BCUT2D eigenvalue weighted by Crippen LogP contribution is -2.72. The molecule has 5 aliphatic rings. The number of anilines is 1. The fourth-order valence-corrected chi connectivity index (χ4v) is 9.15. The van der Waals surface area contributed by atoms with Gasteiger partial charge in [-0.05, 0) is 41.5 Å². The van der Waals surface area contributed by atoms with Gasteiger partial charge in [0.25, 0.3) is 0 Å². The average molecular weight is 594 g/mol. The number of likely N-dealkylation sites (tertiary alicyclic amines) is 1. The van der Waals surface area contributed by atoms with E-state index in [9.17, 15) is 9.59 Å². The summed E-state index contributed by atoms with van der Waals surface area (Å²) in [5.41, 5.74) is 3.81. The highest BCUT2D eigenvalue weighted by Crippen LogP contribution is 2.65. The van der Waals surface area contributed by atoms with Gasteiger partial charge in [0.2, 0.25) is 11.8 Å². The quantitative estimate of drug-likeness (QED) is 0.370. The number of methoxy groups -OCH3 is 2. The van der Waals surface area contributed by atoms with Gasteiger partial charge in [0.15, 0.2) is 11.5 Å². The fourth-order valence-electron chi connectivity index (χ4n) is 8.49. The molecule has 0 unspecified atom stereocenters. The van der Waals surface area contributed by atoms with E-state index in [1.54, 1.807) is 14.2 Å². The predicted octanol–water partition coefficient (Wildman–Crippen LogP) is 4.26. The first-order valence-electron chi connectivity index (χ1n) is 13.8. The van der Waals surface area contributed by atoms with Crippen molar-refractivity contribution in [2.75, 3.05) is 37.6 Å². The van der Waals surface area contributed by atoms with Crippen molar-refractivity contribution in [3.05, 3.63) is 65.2 Å². The van der Waals surface area contributed by atoms with E-state index in [4.69, 9.17) is 14.2 Å². The fraction of sp³-hybridized carbons (Fsp3) is 0.484. The Morgan fingerprint density at radius 1 is 1.15 bits per heavy atom. The minimum absolute atomic E-state index is 0.0545. The van der Waals surface area contributed by atoms with Gasteiger partial charge in [-0.1, -0.05) is 52.3 Å². The molecule has 204 valence electrons. The Bertz CT molecular complexity index is 1360. The number of ether oxygens (including phenoxy) is 3. The lowest BCUT2D eigenvalue weighted by atomic mass is 9.51. The van der Waals surface area contributed by atoms with Crippen LogP contribution in [-0.2, 0) is 26.2 Å². The molecule has 4 aliphatic heterocycles. The number of alkyl halides is 1. The van der Waals surface area contributed by atoms with Crippen molar-refractivity contribution in [3.63, 3.8) is 0 Å². The van der Waals surface area contributed by atoms with Crippen molar-refractivity contribution in [1.82, 2.24) is 4.90 Å². The molecule has 0 radical (unpaired) electrons. The van der Waals surface area contributed by atoms with Crippen LogP contribution in [0.5, 0.6) is 11.5 Å². The number of carbonyl (C=O) groups excluding carboxylic acids is 2. The SMILES string of the molecule is COc1cc2c(cc1OC)[C@@]1(CCBr)[C@@H]3C[C@H]4C(=CCO[C@@H]5CC(=O)N2[C@H]1[C@@H]54)CN3C(=O)Cc1ccccc1. The van der Waals surface area contributed by atoms with E-state index in [-0.39, 0.29) is 41.8 Å². The van der Waals surface area contributed by atoms with Crippen molar-refractivity contribution in [2.45, 2.75) is 49.3 Å². The number of hydrogen-bond acceptors (Lipinski definition) is 5. The highest BCUT2D eigenvalue weighted by atomic mass is 79.9. The Hall–Kier alpha value is -2.84. The maximum atomic E-state index is 14.1. The molecule has 2 bridgehead atoms. The summed E-state index contributed by atoms with van der Waals surface area (Å²) in [6.07, 6.45) is 4.45. The van der Waals surface area contributed by atoms with Crippen molar-refractivity contribution in [3.8, 4) is 11.5 Å². The molecule has 3 fully saturated rings. The predicted molar refractivity (Wildman–Crippen MR) is 151 cm³/mol. The van der Waals surface area contributed by atoms with E-state index >= 15 is 0 Å². The summed E-state index contributed by atoms with van der Waals surface area (Å²) in [4.78, 5) is 32.2. The molecule has 1 saturated carbocycles. The number of benzene rings is 2. The molecule has 4 heterocycles. The molecule has 8 heteroatoms. The molecule has 2 amide bonds. The second kappa shape index (κ2) is 9.37. The number of rotatable bonds is 6. The van der Waals surface area contributed by atoms with Crippen molar-refractivity contribution >= 4 is 33.4 Å². The smallest absolute Gasteiger partial charge is 0.229 e. The first-order chi connectivity index (χ1) is 19.0. The maximum absolute atomic E-state index is 14.1. The van der Waals surface area contributed by atoms with Gasteiger partial charge in [0.1, 0.15) is 0 Å². The molecule has 39 heavy (non-hydrogen) atoms. The van der Waals surface area contributed by atoms with Crippen LogP contribution < -0.4 is 14.4 Å². The van der Waals surface area contributed by atoms with Crippen LogP contribution in [0.2, 0.25) is 0 Å². The van der Waals surface area contributed by atoms with Crippen LogP contribution in [0, 0.1) is 11.8 Å². The third-order valence-electron chi connectivity index (χ3n) is 9.93. The molecular formula is C31H33BrN2O5. The summed E-state index contributed by atoms with van der Waals surface area (Å²) in [5.74, 6) is 1.91. The summed E-state index contributed by atoms with van der Waals surface area (Å²) in [6.45, 7) is 1.10. The highest BCUT2D eigenvalue weighted by molar-refractivity contribution is 9.09. The third kappa shape index (κ3) is 3.50. The minimum atomic E-state index is -0.459. The lowest BCUT2D eigenvalue weighted by molar-refractivity contribution is -0.145. The van der Waals surface area contributed by atoms with Gasteiger partial charge < -0.3 is 24.0 Å². The first kappa shape index (κ1) is 25.1. The molecule has 0 aromatic heterocycles. The minimum Gasteiger partial charge on any atom is -0.493 e. The van der Waals surface area contributed by atoms with Gasteiger partial charge in [0, 0.05) is 35.3 Å². The van der Waals surface area contributed by atoms with Crippen LogP contribution in [0.1, 0.15) is 30.4 Å². The molecule has 2 aromatic carbocycles.